The molecule has 5 nitrogen and oxygen atoms in total. The number of fused-ring (bicyclic) bond motifs is 1. The Morgan fingerprint density at radius 2 is 1.92 bits per heavy atom. The highest BCUT2D eigenvalue weighted by atomic mass is 16.5. The summed E-state index contributed by atoms with van der Waals surface area (Å²) in [7, 11) is 0. The molecule has 2 N–H and O–H groups in total. The van der Waals surface area contributed by atoms with Crippen molar-refractivity contribution in [1.29, 1.82) is 0 Å². The minimum absolute atomic E-state index is 0.172. The monoisotopic (exact) mass is 328 g/mol. The van der Waals surface area contributed by atoms with Crippen molar-refractivity contribution in [3.05, 3.63) is 42.5 Å². The fraction of sp³-hybridized carbons (Fsp3) is 0.421. The second-order valence-corrected chi connectivity index (χ2v) is 7.33. The van der Waals surface area contributed by atoms with Gasteiger partial charge in [0.15, 0.2) is 0 Å². The van der Waals surface area contributed by atoms with Gasteiger partial charge in [-0.1, -0.05) is 36.4 Å². The number of ether oxygens (including phenoxy) is 1. The zero-order valence-electron chi connectivity index (χ0n) is 14.3. The summed E-state index contributed by atoms with van der Waals surface area (Å²) in [5.74, 6) is 0.609. The Kier molecular flexibility index (Phi) is 4.47. The van der Waals surface area contributed by atoms with E-state index in [1.54, 1.807) is 0 Å². The molecular formula is C19H24N2O3. The van der Waals surface area contributed by atoms with Gasteiger partial charge in [0.1, 0.15) is 17.9 Å². The lowest BCUT2D eigenvalue weighted by Gasteiger charge is -2.24. The number of nitrogens with zero attached hydrogens (tertiary/aromatic N) is 1. The van der Waals surface area contributed by atoms with E-state index in [9.17, 15) is 10.0 Å². The Balaban J connectivity index is 1.72. The average molecular weight is 328 g/mol. The van der Waals surface area contributed by atoms with Crippen LogP contribution in [0, 0.1) is 0 Å². The first-order chi connectivity index (χ1) is 11.3. The molecule has 128 valence electrons. The predicted molar refractivity (Wildman–Crippen MR) is 93.2 cm³/mol. The van der Waals surface area contributed by atoms with E-state index in [1.807, 2.05) is 63.2 Å². The first-order valence-electron chi connectivity index (χ1n) is 8.25. The van der Waals surface area contributed by atoms with Crippen molar-refractivity contribution in [2.75, 3.05) is 6.54 Å². The van der Waals surface area contributed by atoms with E-state index in [4.69, 9.17) is 4.74 Å². The second-order valence-electron chi connectivity index (χ2n) is 7.33. The molecule has 1 fully saturated rings. The minimum atomic E-state index is -0.579. The summed E-state index contributed by atoms with van der Waals surface area (Å²) in [6, 6.07) is 13.3. The van der Waals surface area contributed by atoms with Crippen molar-refractivity contribution in [3.8, 4) is 5.75 Å². The van der Waals surface area contributed by atoms with E-state index in [0.717, 1.165) is 21.6 Å². The fourth-order valence-electron chi connectivity index (χ4n) is 3.04. The zero-order chi connectivity index (χ0) is 17.3. The van der Waals surface area contributed by atoms with Crippen molar-refractivity contribution in [1.82, 2.24) is 10.4 Å². The third-order valence-corrected chi connectivity index (χ3v) is 4.08. The molecule has 0 bridgehead atoms. The zero-order valence-corrected chi connectivity index (χ0v) is 14.3. The van der Waals surface area contributed by atoms with E-state index >= 15 is 0 Å². The van der Waals surface area contributed by atoms with Gasteiger partial charge in [0.05, 0.1) is 6.54 Å². The van der Waals surface area contributed by atoms with Crippen molar-refractivity contribution in [2.45, 2.75) is 44.9 Å². The molecule has 1 aliphatic rings. The summed E-state index contributed by atoms with van der Waals surface area (Å²) in [6.07, 6.45) is 0.235. The van der Waals surface area contributed by atoms with Crippen LogP contribution >= 0.6 is 0 Å². The van der Waals surface area contributed by atoms with E-state index < -0.39 is 6.04 Å². The maximum atomic E-state index is 12.3. The molecule has 2 atom stereocenters. The highest BCUT2D eigenvalue weighted by Crippen LogP contribution is 2.29. The Morgan fingerprint density at radius 1 is 1.21 bits per heavy atom. The molecule has 1 heterocycles. The SMILES string of the molecule is CC(C)(C)NC(=O)[C@@H]1C[C@H](Oc2cccc3ccccc23)CN1O. The number of nitrogens with one attached hydrogen (secondary N) is 1. The lowest BCUT2D eigenvalue weighted by Crippen LogP contribution is -2.49. The topological polar surface area (TPSA) is 61.8 Å². The summed E-state index contributed by atoms with van der Waals surface area (Å²) in [5, 5.41) is 16.2. The number of carbonyl (C=O) groups excluding carboxylic acids is 1. The number of hydrogen-bond acceptors (Lipinski definition) is 4. The summed E-state index contributed by atoms with van der Waals surface area (Å²) < 4.78 is 6.09. The molecule has 0 aromatic heterocycles. The van der Waals surface area contributed by atoms with Crippen molar-refractivity contribution in [3.63, 3.8) is 0 Å². The van der Waals surface area contributed by atoms with Crippen LogP contribution in [0.5, 0.6) is 5.75 Å². The maximum absolute atomic E-state index is 12.3. The average Bonchev–Trinajstić information content (AvgIpc) is 2.87. The van der Waals surface area contributed by atoms with Crippen LogP contribution in [-0.2, 0) is 4.79 Å². The highest BCUT2D eigenvalue weighted by molar-refractivity contribution is 5.88. The fourth-order valence-corrected chi connectivity index (χ4v) is 3.04. The normalized spacial score (nSPS) is 21.8. The Hall–Kier alpha value is -2.11. The summed E-state index contributed by atoms with van der Waals surface area (Å²) >= 11 is 0. The Labute approximate surface area is 142 Å². The van der Waals surface area contributed by atoms with Crippen LogP contribution in [0.4, 0.5) is 0 Å². The summed E-state index contributed by atoms with van der Waals surface area (Å²) in [6.45, 7) is 6.08. The van der Waals surface area contributed by atoms with Crippen LogP contribution < -0.4 is 10.1 Å². The molecular weight excluding hydrogens is 304 g/mol. The Morgan fingerprint density at radius 3 is 2.67 bits per heavy atom. The first kappa shape index (κ1) is 16.7. The van der Waals surface area contributed by atoms with Gasteiger partial charge < -0.3 is 15.3 Å². The quantitative estimate of drug-likeness (QED) is 0.909. The van der Waals surface area contributed by atoms with Gasteiger partial charge in [-0.05, 0) is 32.2 Å². The number of hydroxylamine groups is 2. The molecule has 1 saturated heterocycles. The third-order valence-electron chi connectivity index (χ3n) is 4.08. The number of carbonyl (C=O) groups is 1. The first-order valence-corrected chi connectivity index (χ1v) is 8.25. The molecule has 1 aliphatic heterocycles. The van der Waals surface area contributed by atoms with E-state index in [2.05, 4.69) is 5.32 Å². The largest absolute Gasteiger partial charge is 0.488 e. The van der Waals surface area contributed by atoms with Crippen LogP contribution in [0.25, 0.3) is 10.8 Å². The molecule has 2 aromatic rings. The Bertz CT molecular complexity index is 733. The van der Waals surface area contributed by atoms with Crippen LogP contribution in [0.3, 0.4) is 0 Å². The lowest BCUT2D eigenvalue weighted by atomic mass is 10.1. The second kappa shape index (κ2) is 6.42. The third kappa shape index (κ3) is 3.68. The highest BCUT2D eigenvalue weighted by Gasteiger charge is 2.38. The van der Waals surface area contributed by atoms with Crippen molar-refractivity contribution >= 4 is 16.7 Å². The number of hydrogen-bond donors (Lipinski definition) is 2. The standard InChI is InChI=1S/C19H24N2O3/c1-19(2,3)20-18(22)16-11-14(12-21(16)23)24-17-10-6-8-13-7-4-5-9-15(13)17/h4-10,14,16,23H,11-12H2,1-3H3,(H,20,22)/t14-,16-/m0/s1. The van der Waals surface area contributed by atoms with E-state index in [0.29, 0.717) is 13.0 Å². The molecule has 0 spiro atoms. The van der Waals surface area contributed by atoms with Gasteiger partial charge in [0.25, 0.3) is 0 Å². The summed E-state index contributed by atoms with van der Waals surface area (Å²) in [5.41, 5.74) is -0.327. The molecule has 3 rings (SSSR count). The van der Waals surface area contributed by atoms with Gasteiger partial charge in [-0.15, -0.1) is 0 Å². The number of amides is 1. The van der Waals surface area contributed by atoms with Crippen LogP contribution in [0.2, 0.25) is 0 Å². The molecule has 5 heteroatoms. The molecule has 24 heavy (non-hydrogen) atoms. The lowest BCUT2D eigenvalue weighted by molar-refractivity contribution is -0.147. The van der Waals surface area contributed by atoms with Gasteiger partial charge in [-0.2, -0.15) is 5.06 Å². The van der Waals surface area contributed by atoms with Gasteiger partial charge in [-0.3, -0.25) is 4.79 Å². The molecule has 0 unspecified atom stereocenters. The smallest absolute Gasteiger partial charge is 0.240 e. The predicted octanol–water partition coefficient (Wildman–Crippen LogP) is 2.97. The van der Waals surface area contributed by atoms with E-state index in [-0.39, 0.29) is 17.6 Å². The van der Waals surface area contributed by atoms with Gasteiger partial charge >= 0.3 is 0 Å². The molecule has 2 aromatic carbocycles. The van der Waals surface area contributed by atoms with Gasteiger partial charge in [-0.25, -0.2) is 0 Å². The van der Waals surface area contributed by atoms with E-state index in [1.165, 1.54) is 0 Å². The number of rotatable bonds is 3. The van der Waals surface area contributed by atoms with Crippen LogP contribution in [-0.4, -0.2) is 40.4 Å². The minimum Gasteiger partial charge on any atom is -0.488 e. The molecule has 0 saturated carbocycles. The van der Waals surface area contributed by atoms with Crippen molar-refractivity contribution in [2.24, 2.45) is 0 Å². The maximum Gasteiger partial charge on any atom is 0.240 e. The van der Waals surface area contributed by atoms with Crippen LogP contribution in [0.15, 0.2) is 42.5 Å². The van der Waals surface area contributed by atoms with Crippen LogP contribution in [0.1, 0.15) is 27.2 Å². The van der Waals surface area contributed by atoms with Crippen molar-refractivity contribution < 1.29 is 14.7 Å². The molecule has 0 radical (unpaired) electrons. The summed E-state index contributed by atoms with van der Waals surface area (Å²) in [4.78, 5) is 12.3. The number of benzene rings is 2. The molecule has 1 amide bonds. The van der Waals surface area contributed by atoms with Gasteiger partial charge in [0.2, 0.25) is 5.91 Å². The van der Waals surface area contributed by atoms with Gasteiger partial charge in [0, 0.05) is 17.3 Å². The molecule has 0 aliphatic carbocycles.